The van der Waals surface area contributed by atoms with Gasteiger partial charge in [0.2, 0.25) is 10.0 Å². The maximum Gasteiger partial charge on any atom is 0.347 e. The van der Waals surface area contributed by atoms with Gasteiger partial charge in [0.05, 0.1) is 6.04 Å². The van der Waals surface area contributed by atoms with Gasteiger partial charge in [-0.2, -0.15) is 0 Å². The van der Waals surface area contributed by atoms with Crippen molar-refractivity contribution in [3.05, 3.63) is 31.9 Å². The van der Waals surface area contributed by atoms with Crippen LogP contribution in [0.2, 0.25) is 0 Å². The molecule has 21 heavy (non-hydrogen) atoms. The van der Waals surface area contributed by atoms with Gasteiger partial charge < -0.3 is 5.11 Å². The highest BCUT2D eigenvalue weighted by atomic mass is 32.2. The zero-order valence-corrected chi connectivity index (χ0v) is 14.0. The van der Waals surface area contributed by atoms with Crippen LogP contribution in [-0.4, -0.2) is 24.5 Å². The summed E-state index contributed by atoms with van der Waals surface area (Å²) in [5.41, 5.74) is 0.424. The fourth-order valence-electron chi connectivity index (χ4n) is 1.83. The van der Waals surface area contributed by atoms with E-state index in [-0.39, 0.29) is 9.77 Å². The van der Waals surface area contributed by atoms with Crippen molar-refractivity contribution in [2.45, 2.75) is 31.7 Å². The number of rotatable bonds is 5. The molecule has 9 heteroatoms. The average Bonchev–Trinajstić information content (AvgIpc) is 2.95. The lowest BCUT2D eigenvalue weighted by molar-refractivity contribution is 0.0698. The summed E-state index contributed by atoms with van der Waals surface area (Å²) in [5, 5.41) is 11.3. The molecule has 2 aromatic heterocycles. The van der Waals surface area contributed by atoms with Crippen LogP contribution in [0.1, 0.15) is 38.1 Å². The second-order valence-electron chi connectivity index (χ2n) is 4.53. The first kappa shape index (κ1) is 16.1. The maximum absolute atomic E-state index is 12.4. The number of hydrogen-bond acceptors (Lipinski definition) is 6. The van der Waals surface area contributed by atoms with E-state index < -0.39 is 22.0 Å². The molecule has 0 aliphatic heterocycles. The second kappa shape index (κ2) is 5.84. The zero-order chi connectivity index (χ0) is 15.8. The molecule has 1 unspecified atom stereocenters. The Balaban J connectivity index is 2.35. The molecule has 2 N–H and O–H groups in total. The van der Waals surface area contributed by atoms with Gasteiger partial charge in [0.1, 0.15) is 14.8 Å². The van der Waals surface area contributed by atoms with Crippen molar-refractivity contribution >= 4 is 38.7 Å². The van der Waals surface area contributed by atoms with Crippen molar-refractivity contribution < 1.29 is 18.3 Å². The highest BCUT2D eigenvalue weighted by Crippen LogP contribution is 2.28. The predicted octanol–water partition coefficient (Wildman–Crippen LogP) is 2.56. The molecule has 0 spiro atoms. The van der Waals surface area contributed by atoms with Crippen LogP contribution in [0.25, 0.3) is 0 Å². The van der Waals surface area contributed by atoms with Crippen LogP contribution < -0.4 is 4.72 Å². The van der Waals surface area contributed by atoms with Gasteiger partial charge in [-0.1, -0.05) is 0 Å². The van der Waals surface area contributed by atoms with E-state index in [4.69, 9.17) is 5.11 Å². The molecule has 0 aromatic carbocycles. The van der Waals surface area contributed by atoms with Crippen molar-refractivity contribution in [2.75, 3.05) is 0 Å². The first-order valence-electron chi connectivity index (χ1n) is 5.98. The van der Waals surface area contributed by atoms with E-state index in [9.17, 15) is 13.2 Å². The Morgan fingerprint density at radius 3 is 2.62 bits per heavy atom. The number of carboxylic acids is 1. The van der Waals surface area contributed by atoms with Gasteiger partial charge in [-0.3, -0.25) is 0 Å². The van der Waals surface area contributed by atoms with Crippen LogP contribution >= 0.6 is 22.7 Å². The number of aromatic nitrogens is 1. The highest BCUT2D eigenvalue weighted by Gasteiger charge is 2.28. The third-order valence-electron chi connectivity index (χ3n) is 2.72. The van der Waals surface area contributed by atoms with Gasteiger partial charge >= 0.3 is 5.97 Å². The van der Waals surface area contributed by atoms with E-state index in [1.54, 1.807) is 20.0 Å². The molecule has 0 saturated heterocycles. The van der Waals surface area contributed by atoms with Crippen LogP contribution in [0.5, 0.6) is 0 Å². The number of hydrogen-bond donors (Lipinski definition) is 2. The molecule has 0 radical (unpaired) electrons. The van der Waals surface area contributed by atoms with Crippen molar-refractivity contribution in [3.8, 4) is 0 Å². The molecule has 0 fully saturated rings. The Kier molecular flexibility index (Phi) is 4.47. The molecule has 1 atom stereocenters. The molecule has 2 aromatic rings. The minimum Gasteiger partial charge on any atom is -0.477 e. The van der Waals surface area contributed by atoms with E-state index >= 15 is 0 Å². The molecule has 0 bridgehead atoms. The topological polar surface area (TPSA) is 96.4 Å². The van der Waals surface area contributed by atoms with Crippen molar-refractivity contribution in [1.82, 2.24) is 9.71 Å². The molecule has 0 aliphatic rings. The van der Waals surface area contributed by atoms with E-state index in [1.165, 1.54) is 16.7 Å². The minimum absolute atomic E-state index is 0.167. The number of thiazole rings is 1. The Bertz CT molecular complexity index is 776. The van der Waals surface area contributed by atoms with Crippen molar-refractivity contribution in [3.63, 3.8) is 0 Å². The third-order valence-corrected chi connectivity index (χ3v) is 6.76. The quantitative estimate of drug-likeness (QED) is 0.867. The summed E-state index contributed by atoms with van der Waals surface area (Å²) in [4.78, 5) is 15.9. The van der Waals surface area contributed by atoms with Crippen molar-refractivity contribution in [1.29, 1.82) is 0 Å². The SMILES string of the molecule is Cc1cnc(C(C)NS(=O)(=O)c2c(C)csc2C(=O)O)s1. The van der Waals surface area contributed by atoms with E-state index in [0.717, 1.165) is 16.2 Å². The average molecular weight is 346 g/mol. The summed E-state index contributed by atoms with van der Waals surface area (Å²) >= 11 is 2.30. The Morgan fingerprint density at radius 2 is 2.10 bits per heavy atom. The molecule has 0 aliphatic carbocycles. The van der Waals surface area contributed by atoms with Crippen LogP contribution in [0.15, 0.2) is 16.5 Å². The van der Waals surface area contributed by atoms with Crippen LogP contribution in [0, 0.1) is 13.8 Å². The summed E-state index contributed by atoms with van der Waals surface area (Å²) in [5.74, 6) is -1.24. The first-order chi connectivity index (χ1) is 9.72. The molecule has 0 amide bonds. The molecule has 2 rings (SSSR count). The summed E-state index contributed by atoms with van der Waals surface area (Å²) in [7, 11) is -3.92. The summed E-state index contributed by atoms with van der Waals surface area (Å²) in [6.45, 7) is 5.14. The normalized spacial score (nSPS) is 13.3. The molecule has 114 valence electrons. The van der Waals surface area contributed by atoms with E-state index in [1.807, 2.05) is 6.92 Å². The number of carboxylic acid groups (broad SMARTS) is 1. The molecule has 2 heterocycles. The predicted molar refractivity (Wildman–Crippen MR) is 81.6 cm³/mol. The molecule has 6 nitrogen and oxygen atoms in total. The van der Waals surface area contributed by atoms with Crippen LogP contribution in [0.4, 0.5) is 0 Å². The van der Waals surface area contributed by atoms with Gasteiger partial charge in [0, 0.05) is 11.1 Å². The van der Waals surface area contributed by atoms with E-state index in [0.29, 0.717) is 10.6 Å². The maximum atomic E-state index is 12.4. The van der Waals surface area contributed by atoms with E-state index in [2.05, 4.69) is 9.71 Å². The van der Waals surface area contributed by atoms with Gasteiger partial charge in [0.15, 0.2) is 0 Å². The van der Waals surface area contributed by atoms with Gasteiger partial charge in [-0.25, -0.2) is 22.9 Å². The number of aromatic carboxylic acids is 1. The number of nitrogens with one attached hydrogen (secondary N) is 1. The lowest BCUT2D eigenvalue weighted by atomic mass is 10.3. The summed E-state index contributed by atoms with van der Waals surface area (Å²) < 4.78 is 27.4. The second-order valence-corrected chi connectivity index (χ2v) is 8.33. The molecule has 0 saturated carbocycles. The number of carbonyl (C=O) groups is 1. The standard InChI is InChI=1S/C12H14N2O4S3/c1-6-5-19-9(12(15)16)10(6)21(17,18)14-8(3)11-13-4-7(2)20-11/h4-5,8,14H,1-3H3,(H,15,16). The van der Waals surface area contributed by atoms with Gasteiger partial charge in [0.25, 0.3) is 0 Å². The smallest absolute Gasteiger partial charge is 0.347 e. The summed E-state index contributed by atoms with van der Waals surface area (Å²) in [6, 6.07) is -0.519. The molecular formula is C12H14N2O4S3. The fraction of sp³-hybridized carbons (Fsp3) is 0.333. The monoisotopic (exact) mass is 346 g/mol. The Labute approximate surface area is 130 Å². The molecular weight excluding hydrogens is 332 g/mol. The highest BCUT2D eigenvalue weighted by molar-refractivity contribution is 7.89. The van der Waals surface area contributed by atoms with Gasteiger partial charge in [-0.15, -0.1) is 22.7 Å². The Hall–Kier alpha value is -1.29. The van der Waals surface area contributed by atoms with Gasteiger partial charge in [-0.05, 0) is 31.7 Å². The summed E-state index contributed by atoms with van der Waals surface area (Å²) in [6.07, 6.45) is 1.67. The number of aryl methyl sites for hydroxylation is 2. The largest absolute Gasteiger partial charge is 0.477 e. The lowest BCUT2D eigenvalue weighted by Crippen LogP contribution is -2.28. The van der Waals surface area contributed by atoms with Crippen LogP contribution in [-0.2, 0) is 10.0 Å². The van der Waals surface area contributed by atoms with Crippen LogP contribution in [0.3, 0.4) is 0 Å². The fourth-order valence-corrected chi connectivity index (χ4v) is 5.52. The number of nitrogens with zero attached hydrogens (tertiary/aromatic N) is 1. The van der Waals surface area contributed by atoms with Crippen molar-refractivity contribution in [2.24, 2.45) is 0 Å². The lowest BCUT2D eigenvalue weighted by Gasteiger charge is -2.12. The third kappa shape index (κ3) is 3.31. The zero-order valence-electron chi connectivity index (χ0n) is 11.6. The Morgan fingerprint density at radius 1 is 1.43 bits per heavy atom. The minimum atomic E-state index is -3.92. The number of sulfonamides is 1. The first-order valence-corrected chi connectivity index (χ1v) is 9.16. The number of thiophene rings is 1.